The van der Waals surface area contributed by atoms with Crippen molar-refractivity contribution in [3.63, 3.8) is 0 Å². The molecule has 1 aromatic rings. The van der Waals surface area contributed by atoms with Gasteiger partial charge in [-0.25, -0.2) is 0 Å². The fourth-order valence-electron chi connectivity index (χ4n) is 2.35. The number of halogens is 3. The Hall–Kier alpha value is -1.08. The summed E-state index contributed by atoms with van der Waals surface area (Å²) in [5, 5.41) is 13.4. The lowest BCUT2D eigenvalue weighted by atomic mass is 10.2. The molecule has 2 rings (SSSR count). The molecule has 6 nitrogen and oxygen atoms in total. The Bertz CT molecular complexity index is 571. The van der Waals surface area contributed by atoms with Crippen LogP contribution in [0, 0.1) is 10.1 Å². The zero-order valence-electron chi connectivity index (χ0n) is 11.5. The molecule has 0 aromatic heterocycles. The lowest BCUT2D eigenvalue weighted by molar-refractivity contribution is -0.384. The molecule has 1 aliphatic rings. The van der Waals surface area contributed by atoms with Gasteiger partial charge in [0.25, 0.3) is 11.6 Å². The van der Waals surface area contributed by atoms with Crippen molar-refractivity contribution in [3.8, 4) is 0 Å². The maximum atomic E-state index is 12.3. The molecule has 1 N–H and O–H groups in total. The van der Waals surface area contributed by atoms with Crippen LogP contribution in [0.15, 0.2) is 24.3 Å². The van der Waals surface area contributed by atoms with E-state index in [2.05, 4.69) is 5.32 Å². The number of hydrogen-bond donors (Lipinski definition) is 1. The van der Waals surface area contributed by atoms with E-state index in [4.69, 9.17) is 34.8 Å². The SMILES string of the molecule is O=C(N[C@H](N1CCCC1)C(Cl)(Cl)Cl)c1cccc([N+](=O)[O-])c1. The van der Waals surface area contributed by atoms with Crippen LogP contribution in [0.5, 0.6) is 0 Å². The number of carbonyl (C=O) groups is 1. The zero-order chi connectivity index (χ0) is 16.3. The van der Waals surface area contributed by atoms with E-state index in [1.54, 1.807) is 0 Å². The fraction of sp³-hybridized carbons (Fsp3) is 0.462. The second kappa shape index (κ2) is 7.00. The Labute approximate surface area is 142 Å². The molecule has 0 spiro atoms. The van der Waals surface area contributed by atoms with Gasteiger partial charge in [0.05, 0.1) is 4.92 Å². The average molecular weight is 367 g/mol. The summed E-state index contributed by atoms with van der Waals surface area (Å²) in [5.41, 5.74) is -0.0214. The van der Waals surface area contributed by atoms with Crippen molar-refractivity contribution in [1.82, 2.24) is 10.2 Å². The topological polar surface area (TPSA) is 75.5 Å². The van der Waals surface area contributed by atoms with Gasteiger partial charge in [0, 0.05) is 30.8 Å². The summed E-state index contributed by atoms with van der Waals surface area (Å²) in [7, 11) is 0. The normalized spacial score (nSPS) is 17.2. The summed E-state index contributed by atoms with van der Waals surface area (Å²) in [4.78, 5) is 24.4. The van der Waals surface area contributed by atoms with Crippen molar-refractivity contribution in [2.75, 3.05) is 13.1 Å². The summed E-state index contributed by atoms with van der Waals surface area (Å²) >= 11 is 17.9. The van der Waals surface area contributed by atoms with Crippen LogP contribution in [0.3, 0.4) is 0 Å². The van der Waals surface area contributed by atoms with Gasteiger partial charge in [-0.2, -0.15) is 0 Å². The molecule has 0 bridgehead atoms. The van der Waals surface area contributed by atoms with E-state index in [1.807, 2.05) is 4.90 Å². The van der Waals surface area contributed by atoms with E-state index in [9.17, 15) is 14.9 Å². The second-order valence-corrected chi connectivity index (χ2v) is 7.34. The molecule has 1 heterocycles. The Morgan fingerprint density at radius 1 is 1.32 bits per heavy atom. The van der Waals surface area contributed by atoms with Crippen LogP contribution >= 0.6 is 34.8 Å². The monoisotopic (exact) mass is 365 g/mol. The molecule has 1 aliphatic heterocycles. The van der Waals surface area contributed by atoms with Gasteiger partial charge in [-0.15, -0.1) is 0 Å². The first kappa shape index (κ1) is 17.3. The number of nitrogens with zero attached hydrogens (tertiary/aromatic N) is 2. The van der Waals surface area contributed by atoms with Crippen molar-refractivity contribution in [1.29, 1.82) is 0 Å². The number of hydrogen-bond acceptors (Lipinski definition) is 4. The third-order valence-corrected chi connectivity index (χ3v) is 4.02. The first-order chi connectivity index (χ1) is 10.3. The van der Waals surface area contributed by atoms with Gasteiger partial charge in [-0.3, -0.25) is 19.8 Å². The van der Waals surface area contributed by atoms with Gasteiger partial charge in [0.2, 0.25) is 3.79 Å². The van der Waals surface area contributed by atoms with E-state index in [0.29, 0.717) is 13.1 Å². The van der Waals surface area contributed by atoms with E-state index in [-0.39, 0.29) is 11.3 Å². The number of likely N-dealkylation sites (tertiary alicyclic amines) is 1. The van der Waals surface area contributed by atoms with Crippen LogP contribution < -0.4 is 5.32 Å². The number of rotatable bonds is 4. The molecular weight excluding hydrogens is 353 g/mol. The number of nitro groups is 1. The third kappa shape index (κ3) is 4.23. The minimum atomic E-state index is -1.69. The second-order valence-electron chi connectivity index (χ2n) is 4.97. The van der Waals surface area contributed by atoms with Crippen LogP contribution in [0.1, 0.15) is 23.2 Å². The summed E-state index contributed by atoms with van der Waals surface area (Å²) in [6, 6.07) is 5.41. The van der Waals surface area contributed by atoms with Crippen LogP contribution in [0.4, 0.5) is 5.69 Å². The molecule has 0 unspecified atom stereocenters. The third-order valence-electron chi connectivity index (χ3n) is 3.40. The molecule has 120 valence electrons. The highest BCUT2D eigenvalue weighted by Crippen LogP contribution is 2.33. The molecule has 1 fully saturated rings. The van der Waals surface area contributed by atoms with Gasteiger partial charge < -0.3 is 5.32 Å². The first-order valence-corrected chi connectivity index (χ1v) is 7.78. The molecule has 0 radical (unpaired) electrons. The Kier molecular flexibility index (Phi) is 5.50. The van der Waals surface area contributed by atoms with E-state index < -0.39 is 20.8 Å². The number of carbonyl (C=O) groups excluding carboxylic acids is 1. The molecule has 0 aliphatic carbocycles. The number of nitro benzene ring substituents is 1. The lowest BCUT2D eigenvalue weighted by Crippen LogP contribution is -2.54. The predicted octanol–water partition coefficient (Wildman–Crippen LogP) is 3.12. The number of nitrogens with one attached hydrogen (secondary N) is 1. The van der Waals surface area contributed by atoms with E-state index >= 15 is 0 Å². The summed E-state index contributed by atoms with van der Waals surface area (Å²) < 4.78 is -1.69. The number of benzene rings is 1. The van der Waals surface area contributed by atoms with Crippen LogP contribution in [-0.2, 0) is 0 Å². The summed E-state index contributed by atoms with van der Waals surface area (Å²) in [6.07, 6.45) is 1.14. The maximum absolute atomic E-state index is 12.3. The highest BCUT2D eigenvalue weighted by molar-refractivity contribution is 6.68. The van der Waals surface area contributed by atoms with Gasteiger partial charge >= 0.3 is 0 Å². The minimum absolute atomic E-state index is 0.146. The summed E-state index contributed by atoms with van der Waals surface area (Å²) in [6.45, 7) is 1.43. The minimum Gasteiger partial charge on any atom is -0.332 e. The van der Waals surface area contributed by atoms with Gasteiger partial charge in [0.15, 0.2) is 0 Å². The first-order valence-electron chi connectivity index (χ1n) is 6.65. The highest BCUT2D eigenvalue weighted by Gasteiger charge is 2.39. The van der Waals surface area contributed by atoms with Crippen molar-refractivity contribution in [2.45, 2.75) is 22.8 Å². The number of alkyl halides is 3. The van der Waals surface area contributed by atoms with Gasteiger partial charge in [-0.05, 0) is 18.9 Å². The molecule has 1 saturated heterocycles. The average Bonchev–Trinajstić information content (AvgIpc) is 2.97. The smallest absolute Gasteiger partial charge is 0.270 e. The molecule has 1 amide bonds. The van der Waals surface area contributed by atoms with Crippen molar-refractivity contribution >= 4 is 46.4 Å². The maximum Gasteiger partial charge on any atom is 0.270 e. The Balaban J connectivity index is 2.17. The fourth-order valence-corrected chi connectivity index (χ4v) is 2.93. The van der Waals surface area contributed by atoms with E-state index in [0.717, 1.165) is 12.8 Å². The predicted molar refractivity (Wildman–Crippen MR) is 85.4 cm³/mol. The van der Waals surface area contributed by atoms with Crippen LogP contribution in [0.25, 0.3) is 0 Å². The van der Waals surface area contributed by atoms with Gasteiger partial charge in [-0.1, -0.05) is 40.9 Å². The molecular formula is C13H14Cl3N3O3. The zero-order valence-corrected chi connectivity index (χ0v) is 13.7. The molecule has 1 atom stereocenters. The van der Waals surface area contributed by atoms with E-state index in [1.165, 1.54) is 24.3 Å². The largest absolute Gasteiger partial charge is 0.332 e. The molecule has 22 heavy (non-hydrogen) atoms. The van der Waals surface area contributed by atoms with Gasteiger partial charge in [0.1, 0.15) is 6.17 Å². The molecule has 1 aromatic carbocycles. The van der Waals surface area contributed by atoms with Crippen molar-refractivity contribution in [3.05, 3.63) is 39.9 Å². The van der Waals surface area contributed by atoms with Crippen LogP contribution in [0.2, 0.25) is 0 Å². The van der Waals surface area contributed by atoms with Crippen molar-refractivity contribution < 1.29 is 9.72 Å². The Morgan fingerprint density at radius 3 is 2.50 bits per heavy atom. The Morgan fingerprint density at radius 2 is 1.95 bits per heavy atom. The summed E-state index contributed by atoms with van der Waals surface area (Å²) in [5.74, 6) is -0.521. The standard InChI is InChI=1S/C13H14Cl3N3O3/c14-13(15,16)12(18-6-1-2-7-18)17-11(20)9-4-3-5-10(8-9)19(21)22/h3-5,8,12H,1-2,6-7H2,(H,17,20)/t12-/m1/s1. The quantitative estimate of drug-likeness (QED) is 0.505. The van der Waals surface area contributed by atoms with Crippen molar-refractivity contribution in [2.24, 2.45) is 0 Å². The lowest BCUT2D eigenvalue weighted by Gasteiger charge is -2.33. The number of non-ortho nitro benzene ring substituents is 1. The van der Waals surface area contributed by atoms with Crippen LogP contribution in [-0.4, -0.2) is 38.8 Å². The molecule has 0 saturated carbocycles. The highest BCUT2D eigenvalue weighted by atomic mass is 35.6. The number of amides is 1. The molecule has 9 heteroatoms.